The molecule has 1 saturated heterocycles. The number of nitrogens with one attached hydrogen (secondary N) is 2. The molecule has 2 aliphatic rings. The summed E-state index contributed by atoms with van der Waals surface area (Å²) in [6, 6.07) is 4.50. The quantitative estimate of drug-likeness (QED) is 0.569. The van der Waals surface area contributed by atoms with Crippen LogP contribution in [0.5, 0.6) is 0 Å². The van der Waals surface area contributed by atoms with Crippen molar-refractivity contribution >= 4 is 11.8 Å². The van der Waals surface area contributed by atoms with Crippen molar-refractivity contribution in [1.29, 1.82) is 0 Å². The summed E-state index contributed by atoms with van der Waals surface area (Å²) < 4.78 is 32.6. The third-order valence-corrected chi connectivity index (χ3v) is 7.99. The Morgan fingerprint density at radius 3 is 2.51 bits per heavy atom. The minimum absolute atomic E-state index is 0.0159. The van der Waals surface area contributed by atoms with Gasteiger partial charge in [0, 0.05) is 43.3 Å². The number of hydrogen-bond donors (Lipinski definition) is 2. The molecular weight excluding hydrogens is 478 g/mol. The van der Waals surface area contributed by atoms with Crippen molar-refractivity contribution in [3.63, 3.8) is 0 Å². The Hall–Kier alpha value is -2.81. The van der Waals surface area contributed by atoms with Crippen LogP contribution in [-0.2, 0) is 4.79 Å². The van der Waals surface area contributed by atoms with Crippen molar-refractivity contribution in [2.45, 2.75) is 84.3 Å². The highest BCUT2D eigenvalue weighted by Crippen LogP contribution is 2.29. The highest BCUT2D eigenvalue weighted by atomic mass is 19.1. The van der Waals surface area contributed by atoms with Gasteiger partial charge in [-0.25, -0.2) is 8.78 Å². The molecule has 1 aliphatic heterocycles. The van der Waals surface area contributed by atoms with Crippen LogP contribution < -0.4 is 10.6 Å². The number of piperidine rings is 1. The van der Waals surface area contributed by atoms with Crippen molar-refractivity contribution in [3.05, 3.63) is 41.6 Å². The molecule has 1 aliphatic carbocycles. The third kappa shape index (κ3) is 6.55. The molecule has 202 valence electrons. The number of aromatic nitrogens is 1. The number of hydrogen-bond acceptors (Lipinski definition) is 5. The molecule has 0 radical (unpaired) electrons. The Morgan fingerprint density at radius 1 is 1.11 bits per heavy atom. The Balaban J connectivity index is 1.49. The van der Waals surface area contributed by atoms with E-state index < -0.39 is 23.5 Å². The summed E-state index contributed by atoms with van der Waals surface area (Å²) >= 11 is 0. The maximum Gasteiger partial charge on any atom is 0.273 e. The van der Waals surface area contributed by atoms with Gasteiger partial charge in [0.25, 0.3) is 5.91 Å². The van der Waals surface area contributed by atoms with Crippen LogP contribution in [0.4, 0.5) is 8.78 Å². The minimum atomic E-state index is -0.803. The van der Waals surface area contributed by atoms with Gasteiger partial charge in [0.05, 0.1) is 11.5 Å². The van der Waals surface area contributed by atoms with Gasteiger partial charge in [-0.15, -0.1) is 0 Å². The average molecular weight is 517 g/mol. The van der Waals surface area contributed by atoms with E-state index in [2.05, 4.69) is 41.5 Å². The van der Waals surface area contributed by atoms with Crippen LogP contribution in [-0.4, -0.2) is 53.1 Å². The summed E-state index contributed by atoms with van der Waals surface area (Å²) in [5.41, 5.74) is -0.100. The van der Waals surface area contributed by atoms with Crippen molar-refractivity contribution in [2.75, 3.05) is 13.1 Å². The van der Waals surface area contributed by atoms with Crippen LogP contribution in [0.3, 0.4) is 0 Å². The predicted octanol–water partition coefficient (Wildman–Crippen LogP) is 4.92. The summed E-state index contributed by atoms with van der Waals surface area (Å²) in [4.78, 5) is 29.0. The molecule has 2 fully saturated rings. The van der Waals surface area contributed by atoms with Crippen LogP contribution >= 0.6 is 0 Å². The van der Waals surface area contributed by atoms with Gasteiger partial charge in [0.2, 0.25) is 5.91 Å². The molecule has 1 saturated carbocycles. The molecule has 2 amide bonds. The van der Waals surface area contributed by atoms with E-state index in [0.717, 1.165) is 31.5 Å². The fourth-order valence-corrected chi connectivity index (χ4v) is 5.17. The van der Waals surface area contributed by atoms with E-state index in [1.54, 1.807) is 0 Å². The lowest BCUT2D eigenvalue weighted by Crippen LogP contribution is -2.59. The van der Waals surface area contributed by atoms with Crippen LogP contribution in [0, 0.1) is 23.0 Å². The van der Waals surface area contributed by atoms with E-state index in [4.69, 9.17) is 4.52 Å². The topological polar surface area (TPSA) is 87.5 Å². The first-order valence-corrected chi connectivity index (χ1v) is 13.3. The monoisotopic (exact) mass is 516 g/mol. The number of halogens is 2. The number of likely N-dealkylation sites (tertiary alicyclic amines) is 1. The van der Waals surface area contributed by atoms with E-state index in [-0.39, 0.29) is 40.4 Å². The van der Waals surface area contributed by atoms with E-state index in [1.165, 1.54) is 31.4 Å². The number of carbonyl (C=O) groups excluding carboxylic acids is 2. The second kappa shape index (κ2) is 11.3. The Morgan fingerprint density at radius 2 is 1.84 bits per heavy atom. The maximum atomic E-state index is 14.2. The zero-order valence-electron chi connectivity index (χ0n) is 22.2. The molecule has 2 aromatic rings. The second-order valence-corrected chi connectivity index (χ2v) is 11.6. The lowest BCUT2D eigenvalue weighted by molar-refractivity contribution is -0.129. The largest absolute Gasteiger partial charge is 0.355 e. The summed E-state index contributed by atoms with van der Waals surface area (Å²) in [7, 11) is 0. The highest BCUT2D eigenvalue weighted by Gasteiger charge is 2.39. The van der Waals surface area contributed by atoms with E-state index in [9.17, 15) is 18.4 Å². The first-order valence-electron chi connectivity index (χ1n) is 13.3. The Bertz CT molecular complexity index is 1110. The summed E-state index contributed by atoms with van der Waals surface area (Å²) in [6.45, 7) is 9.64. The van der Waals surface area contributed by atoms with Gasteiger partial charge in [0.1, 0.15) is 11.6 Å². The van der Waals surface area contributed by atoms with E-state index in [1.807, 2.05) is 6.92 Å². The normalized spacial score (nSPS) is 22.4. The first kappa shape index (κ1) is 27.2. The molecule has 1 aromatic heterocycles. The molecule has 0 bridgehead atoms. The SMILES string of the molecule is C[C@@H](NC(=O)[C@@H]1CN(C2CCCCC2)CC[C@H]1NC(=O)c1cc(-c2ccc(F)cc2F)on1)C(C)(C)C. The number of benzene rings is 1. The third-order valence-electron chi connectivity index (χ3n) is 7.99. The molecule has 4 rings (SSSR count). The standard InChI is InChI=1S/C28H38F2N4O3/c1-17(28(2,3)4)31-26(35)21-16-34(19-8-6-5-7-9-19)13-12-23(21)32-27(36)24-15-25(37-33-24)20-11-10-18(29)14-22(20)30/h10-11,14-15,17,19,21,23H,5-9,12-13,16H2,1-4H3,(H,31,35)(H,32,36)/t17-,21-,23-/m1/s1. The Kier molecular flexibility index (Phi) is 8.31. The van der Waals surface area contributed by atoms with Crippen molar-refractivity contribution in [3.8, 4) is 11.3 Å². The van der Waals surface area contributed by atoms with Gasteiger partial charge in [0.15, 0.2) is 11.5 Å². The molecule has 2 heterocycles. The minimum Gasteiger partial charge on any atom is -0.355 e. The van der Waals surface area contributed by atoms with Gasteiger partial charge in [-0.3, -0.25) is 14.5 Å². The lowest BCUT2D eigenvalue weighted by atomic mass is 9.85. The maximum absolute atomic E-state index is 14.2. The molecule has 3 atom stereocenters. The van der Waals surface area contributed by atoms with Crippen LogP contribution in [0.2, 0.25) is 0 Å². The van der Waals surface area contributed by atoms with Gasteiger partial charge >= 0.3 is 0 Å². The number of amides is 2. The predicted molar refractivity (Wildman–Crippen MR) is 137 cm³/mol. The smallest absolute Gasteiger partial charge is 0.273 e. The first-order chi connectivity index (χ1) is 17.5. The Labute approximate surface area is 217 Å². The van der Waals surface area contributed by atoms with Crippen molar-refractivity contribution in [2.24, 2.45) is 11.3 Å². The van der Waals surface area contributed by atoms with Gasteiger partial charge in [-0.2, -0.15) is 0 Å². The van der Waals surface area contributed by atoms with Crippen molar-refractivity contribution < 1.29 is 22.9 Å². The second-order valence-electron chi connectivity index (χ2n) is 11.6. The van der Waals surface area contributed by atoms with Crippen LogP contribution in [0.15, 0.2) is 28.8 Å². The molecule has 37 heavy (non-hydrogen) atoms. The number of nitrogens with zero attached hydrogens (tertiary/aromatic N) is 2. The highest BCUT2D eigenvalue weighted by molar-refractivity contribution is 5.94. The van der Waals surface area contributed by atoms with Gasteiger partial charge < -0.3 is 15.2 Å². The average Bonchev–Trinajstić information content (AvgIpc) is 3.34. The van der Waals surface area contributed by atoms with Crippen LogP contribution in [0.1, 0.15) is 76.7 Å². The van der Waals surface area contributed by atoms with E-state index >= 15 is 0 Å². The number of rotatable bonds is 6. The van der Waals surface area contributed by atoms with Gasteiger partial charge in [-0.1, -0.05) is 45.2 Å². The summed E-state index contributed by atoms with van der Waals surface area (Å²) in [6.07, 6.45) is 6.61. The fourth-order valence-electron chi connectivity index (χ4n) is 5.17. The molecule has 0 spiro atoms. The lowest BCUT2D eigenvalue weighted by Gasteiger charge is -2.43. The fraction of sp³-hybridized carbons (Fsp3) is 0.607. The molecule has 9 heteroatoms. The molecule has 0 unspecified atom stereocenters. The summed E-state index contributed by atoms with van der Waals surface area (Å²) in [5.74, 6) is -2.45. The van der Waals surface area contributed by atoms with Gasteiger partial charge in [-0.05, 0) is 43.7 Å². The summed E-state index contributed by atoms with van der Waals surface area (Å²) in [5, 5.41) is 9.96. The van der Waals surface area contributed by atoms with E-state index in [0.29, 0.717) is 19.0 Å². The molecular formula is C28H38F2N4O3. The van der Waals surface area contributed by atoms with Crippen molar-refractivity contribution in [1.82, 2.24) is 20.7 Å². The number of carbonyl (C=O) groups is 2. The molecule has 7 nitrogen and oxygen atoms in total. The zero-order chi connectivity index (χ0) is 26.7. The molecule has 1 aromatic carbocycles. The van der Waals surface area contributed by atoms with Crippen LogP contribution in [0.25, 0.3) is 11.3 Å². The molecule has 2 N–H and O–H groups in total. The zero-order valence-corrected chi connectivity index (χ0v) is 22.2.